The Bertz CT molecular complexity index is 519. The molecule has 0 unspecified atom stereocenters. The second-order valence-electron chi connectivity index (χ2n) is 5.31. The zero-order valence-corrected chi connectivity index (χ0v) is 12.8. The molecular weight excluding hydrogens is 326 g/mol. The number of carbonyl (C=O) groups is 1. The van der Waals surface area contributed by atoms with Crippen LogP contribution < -0.4 is 11.1 Å². The second-order valence-corrected chi connectivity index (χ2v) is 6.09. The number of amides is 1. The fourth-order valence-electron chi connectivity index (χ4n) is 2.51. The van der Waals surface area contributed by atoms with E-state index in [4.69, 9.17) is 15.4 Å². The van der Waals surface area contributed by atoms with Gasteiger partial charge in [0.1, 0.15) is 5.54 Å². The highest BCUT2D eigenvalue weighted by Crippen LogP contribution is 2.32. The number of nitrogens with zero attached hydrogens (tertiary/aromatic N) is 1. The van der Waals surface area contributed by atoms with Gasteiger partial charge in [-0.05, 0) is 59.7 Å². The van der Waals surface area contributed by atoms with Crippen LogP contribution in [0.2, 0.25) is 0 Å². The lowest BCUT2D eigenvalue weighted by Crippen LogP contribution is -2.59. The molecule has 0 aromatic carbocycles. The van der Waals surface area contributed by atoms with Crippen LogP contribution in [0.4, 0.5) is 0 Å². The molecule has 0 spiro atoms. The summed E-state index contributed by atoms with van der Waals surface area (Å²) in [5.41, 5.74) is 5.01. The molecule has 1 heterocycles. The molecule has 1 aliphatic rings. The topological polar surface area (TPSA) is 101 Å². The van der Waals surface area contributed by atoms with Crippen molar-refractivity contribution in [2.75, 3.05) is 0 Å². The van der Waals surface area contributed by atoms with Gasteiger partial charge in [0.05, 0.1) is 0 Å². The number of oxime groups is 1. The van der Waals surface area contributed by atoms with Gasteiger partial charge in [0.25, 0.3) is 5.91 Å². The molecule has 1 fully saturated rings. The Hall–Kier alpha value is -1.50. The Balaban J connectivity index is 2.18. The lowest BCUT2D eigenvalue weighted by Gasteiger charge is -2.38. The third-order valence-electron chi connectivity index (χ3n) is 3.88. The Morgan fingerprint density at radius 3 is 2.70 bits per heavy atom. The molecule has 1 amide bonds. The molecule has 0 radical (unpaired) electrons. The predicted octanol–water partition coefficient (Wildman–Crippen LogP) is 2.47. The smallest absolute Gasteiger partial charge is 0.287 e. The van der Waals surface area contributed by atoms with Gasteiger partial charge in [-0.1, -0.05) is 12.1 Å². The number of amidine groups is 1. The van der Waals surface area contributed by atoms with Gasteiger partial charge in [-0.15, -0.1) is 0 Å². The van der Waals surface area contributed by atoms with Gasteiger partial charge in [0.2, 0.25) is 0 Å². The summed E-state index contributed by atoms with van der Waals surface area (Å²) in [6, 6.07) is 3.22. The van der Waals surface area contributed by atoms with Crippen molar-refractivity contribution in [1.82, 2.24) is 5.32 Å². The van der Waals surface area contributed by atoms with E-state index in [0.717, 1.165) is 12.8 Å². The van der Waals surface area contributed by atoms with Gasteiger partial charge >= 0.3 is 0 Å². The molecule has 7 heteroatoms. The van der Waals surface area contributed by atoms with Crippen LogP contribution in [0.5, 0.6) is 0 Å². The minimum Gasteiger partial charge on any atom is -0.444 e. The highest BCUT2D eigenvalue weighted by molar-refractivity contribution is 9.10. The quantitative estimate of drug-likeness (QED) is 0.339. The van der Waals surface area contributed by atoms with Gasteiger partial charge in [0, 0.05) is 0 Å². The van der Waals surface area contributed by atoms with Gasteiger partial charge in [-0.3, -0.25) is 4.79 Å². The van der Waals surface area contributed by atoms with E-state index in [0.29, 0.717) is 23.4 Å². The fourth-order valence-corrected chi connectivity index (χ4v) is 2.82. The average Bonchev–Trinajstić information content (AvgIpc) is 2.87. The maximum absolute atomic E-state index is 12.2. The lowest BCUT2D eigenvalue weighted by atomic mass is 9.76. The lowest BCUT2D eigenvalue weighted by molar-refractivity contribution is 0.0868. The summed E-state index contributed by atoms with van der Waals surface area (Å²) < 4.78 is 5.71. The molecule has 0 atom stereocenters. The number of nitrogens with two attached hydrogens (primary N) is 1. The molecule has 0 bridgehead atoms. The zero-order chi connectivity index (χ0) is 14.8. The number of carbonyl (C=O) groups excluding carboxylic acids is 1. The summed E-state index contributed by atoms with van der Waals surface area (Å²) in [4.78, 5) is 12.2. The number of halogens is 1. The molecule has 1 saturated carbocycles. The van der Waals surface area contributed by atoms with Crippen LogP contribution in [0.25, 0.3) is 0 Å². The summed E-state index contributed by atoms with van der Waals surface area (Å²) in [6.45, 7) is 2.15. The first-order chi connectivity index (χ1) is 9.47. The number of rotatable bonds is 3. The average molecular weight is 344 g/mol. The van der Waals surface area contributed by atoms with Crippen molar-refractivity contribution in [1.29, 1.82) is 0 Å². The van der Waals surface area contributed by atoms with Crippen LogP contribution in [-0.4, -0.2) is 22.5 Å². The minimum absolute atomic E-state index is 0.0448. The van der Waals surface area contributed by atoms with Crippen LogP contribution in [0.3, 0.4) is 0 Å². The van der Waals surface area contributed by atoms with E-state index < -0.39 is 5.54 Å². The Labute approximate surface area is 125 Å². The van der Waals surface area contributed by atoms with Gasteiger partial charge in [-0.2, -0.15) is 0 Å². The van der Waals surface area contributed by atoms with Crippen molar-refractivity contribution in [3.8, 4) is 0 Å². The van der Waals surface area contributed by atoms with Crippen LogP contribution in [0.1, 0.15) is 43.2 Å². The van der Waals surface area contributed by atoms with E-state index in [1.807, 2.05) is 0 Å². The molecular formula is C13H18BrN3O3. The largest absolute Gasteiger partial charge is 0.444 e. The third-order valence-corrected chi connectivity index (χ3v) is 4.30. The van der Waals surface area contributed by atoms with Crippen molar-refractivity contribution in [3.63, 3.8) is 0 Å². The molecule has 6 nitrogen and oxygen atoms in total. The second kappa shape index (κ2) is 5.87. The highest BCUT2D eigenvalue weighted by Gasteiger charge is 2.40. The normalized spacial score (nSPS) is 27.3. The molecule has 0 saturated heterocycles. The first kappa shape index (κ1) is 14.9. The summed E-state index contributed by atoms with van der Waals surface area (Å²) in [5.74, 6) is 0.449. The first-order valence-corrected chi connectivity index (χ1v) is 7.32. The highest BCUT2D eigenvalue weighted by atomic mass is 79.9. The molecule has 20 heavy (non-hydrogen) atoms. The van der Waals surface area contributed by atoms with E-state index in [1.165, 1.54) is 0 Å². The number of nitrogens with one attached hydrogen (secondary N) is 1. The van der Waals surface area contributed by atoms with Crippen LogP contribution in [0.15, 0.2) is 26.4 Å². The Morgan fingerprint density at radius 1 is 1.55 bits per heavy atom. The van der Waals surface area contributed by atoms with Crippen LogP contribution in [0, 0.1) is 5.92 Å². The van der Waals surface area contributed by atoms with E-state index in [1.54, 1.807) is 12.1 Å². The Morgan fingerprint density at radius 2 is 2.20 bits per heavy atom. The SMILES string of the molecule is CC1CCC(NC(=O)c2ccc(Br)o2)(/C(N)=N/O)CC1. The van der Waals surface area contributed by atoms with E-state index in [9.17, 15) is 4.79 Å². The minimum atomic E-state index is -0.794. The van der Waals surface area contributed by atoms with Crippen molar-refractivity contribution in [2.24, 2.45) is 16.8 Å². The summed E-state index contributed by atoms with van der Waals surface area (Å²) >= 11 is 3.15. The molecule has 1 aromatic rings. The monoisotopic (exact) mass is 343 g/mol. The fraction of sp³-hybridized carbons (Fsp3) is 0.538. The molecule has 0 aliphatic heterocycles. The molecule has 110 valence electrons. The third kappa shape index (κ3) is 2.98. The van der Waals surface area contributed by atoms with E-state index in [-0.39, 0.29) is 17.5 Å². The molecule has 1 aliphatic carbocycles. The maximum atomic E-state index is 12.2. The standard InChI is InChI=1S/C13H18BrN3O3/c1-8-4-6-13(7-5-8,12(15)17-19)16-11(18)9-2-3-10(14)20-9/h2-3,8,19H,4-7H2,1H3,(H2,15,17)(H,16,18). The van der Waals surface area contributed by atoms with Crippen molar-refractivity contribution >= 4 is 27.7 Å². The van der Waals surface area contributed by atoms with Gasteiger partial charge in [0.15, 0.2) is 16.3 Å². The van der Waals surface area contributed by atoms with Crippen molar-refractivity contribution < 1.29 is 14.4 Å². The molecule has 2 rings (SSSR count). The van der Waals surface area contributed by atoms with Crippen molar-refractivity contribution in [2.45, 2.75) is 38.1 Å². The summed E-state index contributed by atoms with van der Waals surface area (Å²) in [7, 11) is 0. The number of hydrogen-bond acceptors (Lipinski definition) is 4. The zero-order valence-electron chi connectivity index (χ0n) is 11.2. The van der Waals surface area contributed by atoms with E-state index >= 15 is 0 Å². The van der Waals surface area contributed by atoms with Crippen molar-refractivity contribution in [3.05, 3.63) is 22.6 Å². The van der Waals surface area contributed by atoms with Crippen LogP contribution >= 0.6 is 15.9 Å². The predicted molar refractivity (Wildman–Crippen MR) is 77.6 cm³/mol. The maximum Gasteiger partial charge on any atom is 0.287 e. The van der Waals surface area contributed by atoms with Gasteiger partial charge in [-0.25, -0.2) is 0 Å². The number of hydrogen-bond donors (Lipinski definition) is 3. The van der Waals surface area contributed by atoms with Crippen LogP contribution in [-0.2, 0) is 0 Å². The molecule has 1 aromatic heterocycles. The Kier molecular flexibility index (Phi) is 4.37. The van der Waals surface area contributed by atoms with Gasteiger partial charge < -0.3 is 20.7 Å². The molecule has 4 N–H and O–H groups in total. The summed E-state index contributed by atoms with van der Waals surface area (Å²) in [5, 5.41) is 15.0. The first-order valence-electron chi connectivity index (χ1n) is 6.53. The number of furan rings is 1. The summed E-state index contributed by atoms with van der Waals surface area (Å²) in [6.07, 6.45) is 3.13. The van der Waals surface area contributed by atoms with E-state index in [2.05, 4.69) is 33.3 Å².